The molecule has 3 N–H and O–H groups in total. The van der Waals surface area contributed by atoms with Crippen LogP contribution in [0.5, 0.6) is 0 Å². The average molecular weight is 358 g/mol. The Hall–Kier alpha value is -1.73. The molecule has 1 aromatic heterocycles. The first-order valence-corrected chi connectivity index (χ1v) is 9.89. The van der Waals surface area contributed by atoms with Crippen LogP contribution in [0, 0.1) is 0 Å². The number of aromatic amines is 1. The van der Waals surface area contributed by atoms with Gasteiger partial charge in [-0.25, -0.2) is 4.98 Å². The number of aromatic nitrogens is 2. The first kappa shape index (κ1) is 16.4. The summed E-state index contributed by atoms with van der Waals surface area (Å²) in [5.74, 6) is 1.41. The lowest BCUT2D eigenvalue weighted by Gasteiger charge is -2.40. The molecule has 3 fully saturated rings. The summed E-state index contributed by atoms with van der Waals surface area (Å²) in [6, 6.07) is -0.252. The molecule has 1 amide bonds. The first-order valence-electron chi connectivity index (χ1n) is 9.89. The molecule has 2 saturated heterocycles. The zero-order valence-corrected chi connectivity index (χ0v) is 15.0. The van der Waals surface area contributed by atoms with Crippen LogP contribution in [-0.2, 0) is 16.6 Å². The molecular weight excluding hydrogens is 332 g/mol. The van der Waals surface area contributed by atoms with Crippen LogP contribution < -0.4 is 10.9 Å². The number of nitrogens with zero attached hydrogens (tertiary/aromatic N) is 2. The van der Waals surface area contributed by atoms with E-state index in [0.29, 0.717) is 32.0 Å². The maximum absolute atomic E-state index is 12.7. The number of rotatable bonds is 2. The third kappa shape index (κ3) is 2.60. The van der Waals surface area contributed by atoms with Gasteiger partial charge in [-0.15, -0.1) is 0 Å². The van der Waals surface area contributed by atoms with Crippen molar-refractivity contribution in [3.8, 4) is 0 Å². The summed E-state index contributed by atoms with van der Waals surface area (Å²) < 4.78 is 0. The Balaban J connectivity index is 1.34. The van der Waals surface area contributed by atoms with Crippen LogP contribution in [0.4, 0.5) is 0 Å². The molecule has 0 radical (unpaired) electrons. The number of carbonyl (C=O) groups excluding carboxylic acids is 1. The van der Waals surface area contributed by atoms with Gasteiger partial charge in [0.2, 0.25) is 5.91 Å². The van der Waals surface area contributed by atoms with Gasteiger partial charge in [0.15, 0.2) is 0 Å². The number of likely N-dealkylation sites (tertiary alicyclic amines) is 1. The lowest BCUT2D eigenvalue weighted by Crippen LogP contribution is -2.50. The number of hydrogen-bond donors (Lipinski definition) is 3. The van der Waals surface area contributed by atoms with Crippen molar-refractivity contribution in [3.05, 3.63) is 27.4 Å². The first-order chi connectivity index (χ1) is 12.6. The largest absolute Gasteiger partial charge is 0.392 e. The van der Waals surface area contributed by atoms with E-state index in [1.165, 1.54) is 0 Å². The van der Waals surface area contributed by atoms with E-state index in [1.807, 2.05) is 4.90 Å². The van der Waals surface area contributed by atoms with Gasteiger partial charge in [0.05, 0.1) is 17.8 Å². The van der Waals surface area contributed by atoms with Gasteiger partial charge in [0.1, 0.15) is 5.82 Å². The molecule has 7 nitrogen and oxygen atoms in total. The molecule has 5 rings (SSSR count). The number of amides is 1. The second kappa shape index (κ2) is 5.89. The highest BCUT2D eigenvalue weighted by Gasteiger charge is 2.46. The van der Waals surface area contributed by atoms with Gasteiger partial charge in [-0.05, 0) is 44.9 Å². The number of carbonyl (C=O) groups is 1. The number of piperidine rings is 1. The minimum Gasteiger partial charge on any atom is -0.392 e. The topological polar surface area (TPSA) is 98.3 Å². The quantitative estimate of drug-likeness (QED) is 0.700. The number of aliphatic hydroxyl groups excluding tert-OH is 1. The van der Waals surface area contributed by atoms with Crippen LogP contribution in [0.25, 0.3) is 0 Å². The van der Waals surface area contributed by atoms with E-state index in [-0.39, 0.29) is 22.9 Å². The summed E-state index contributed by atoms with van der Waals surface area (Å²) >= 11 is 0. The molecule has 2 aliphatic heterocycles. The summed E-state index contributed by atoms with van der Waals surface area (Å²) in [7, 11) is 0. The zero-order chi connectivity index (χ0) is 17.9. The van der Waals surface area contributed by atoms with Crippen LogP contribution in [0.1, 0.15) is 61.5 Å². The smallest absolute Gasteiger partial charge is 0.254 e. The fourth-order valence-electron chi connectivity index (χ4n) is 4.99. The second-order valence-electron chi connectivity index (χ2n) is 8.51. The van der Waals surface area contributed by atoms with Gasteiger partial charge in [-0.2, -0.15) is 0 Å². The summed E-state index contributed by atoms with van der Waals surface area (Å²) in [6.45, 7) is 1.91. The fourth-order valence-corrected chi connectivity index (χ4v) is 4.99. The molecule has 1 spiro atoms. The van der Waals surface area contributed by atoms with E-state index in [0.717, 1.165) is 55.6 Å². The van der Waals surface area contributed by atoms with E-state index >= 15 is 0 Å². The highest BCUT2D eigenvalue weighted by atomic mass is 16.3. The minimum atomic E-state index is -0.418. The lowest BCUT2D eigenvalue weighted by molar-refractivity contribution is -0.134. The molecule has 4 aliphatic rings. The standard InChI is InChI=1S/C19H26N4O3/c24-12-9-14(20-10-12)18(26)23-7-5-19(6-8-23)4-3-13-15(19)21-16(11-1-2-11)22-17(13)25/h11-12,14,20,24H,1-10H2,(H,21,22,25)/t12-,14+/m1/s1. The molecule has 0 bridgehead atoms. The van der Waals surface area contributed by atoms with Crippen LogP contribution >= 0.6 is 0 Å². The minimum absolute atomic E-state index is 0.0351. The number of aliphatic hydroxyl groups is 1. The highest BCUT2D eigenvalue weighted by molar-refractivity contribution is 5.82. The Kier molecular flexibility index (Phi) is 3.72. The van der Waals surface area contributed by atoms with E-state index < -0.39 is 6.10 Å². The van der Waals surface area contributed by atoms with Crippen molar-refractivity contribution in [2.45, 2.75) is 68.4 Å². The van der Waals surface area contributed by atoms with Crippen LogP contribution in [0.2, 0.25) is 0 Å². The molecule has 1 saturated carbocycles. The van der Waals surface area contributed by atoms with Crippen LogP contribution in [0.15, 0.2) is 4.79 Å². The number of fused-ring (bicyclic) bond motifs is 2. The Bertz CT molecular complexity index is 792. The number of nitrogens with one attached hydrogen (secondary N) is 2. The molecular formula is C19H26N4O3. The van der Waals surface area contributed by atoms with Crippen molar-refractivity contribution in [2.24, 2.45) is 0 Å². The third-order valence-electron chi connectivity index (χ3n) is 6.79. The molecule has 140 valence electrons. The maximum Gasteiger partial charge on any atom is 0.254 e. The summed E-state index contributed by atoms with van der Waals surface area (Å²) in [5, 5.41) is 12.8. The van der Waals surface area contributed by atoms with Crippen molar-refractivity contribution in [1.29, 1.82) is 0 Å². The van der Waals surface area contributed by atoms with Crippen LogP contribution in [0.3, 0.4) is 0 Å². The molecule has 2 atom stereocenters. The Labute approximate surface area is 152 Å². The number of H-pyrrole nitrogens is 1. The molecule has 3 heterocycles. The van der Waals surface area contributed by atoms with Crippen molar-refractivity contribution in [3.63, 3.8) is 0 Å². The highest BCUT2D eigenvalue weighted by Crippen LogP contribution is 2.46. The maximum atomic E-state index is 12.7. The van der Waals surface area contributed by atoms with Gasteiger partial charge in [-0.1, -0.05) is 0 Å². The normalized spacial score (nSPS) is 30.0. The predicted octanol–water partition coefficient (Wildman–Crippen LogP) is 0.177. The number of β-amino-alcohol motifs (C(OH)–C–C–N with tert-alkyl or cyclic N) is 1. The Morgan fingerprint density at radius 1 is 1.23 bits per heavy atom. The van der Waals surface area contributed by atoms with Crippen molar-refractivity contribution in [2.75, 3.05) is 19.6 Å². The van der Waals surface area contributed by atoms with E-state index in [4.69, 9.17) is 4.98 Å². The SMILES string of the molecule is O=C([C@@H]1C[C@@H](O)CN1)N1CCC2(CCc3c2nc(C2CC2)[nH]c3=O)CC1. The van der Waals surface area contributed by atoms with Gasteiger partial charge < -0.3 is 20.3 Å². The molecule has 2 aliphatic carbocycles. The van der Waals surface area contributed by atoms with Crippen molar-refractivity contribution in [1.82, 2.24) is 20.2 Å². The zero-order valence-electron chi connectivity index (χ0n) is 15.0. The Morgan fingerprint density at radius 2 is 2.00 bits per heavy atom. The molecule has 1 aromatic rings. The third-order valence-corrected chi connectivity index (χ3v) is 6.79. The monoisotopic (exact) mass is 358 g/mol. The fraction of sp³-hybridized carbons (Fsp3) is 0.737. The van der Waals surface area contributed by atoms with Crippen molar-refractivity contribution < 1.29 is 9.90 Å². The molecule has 0 aromatic carbocycles. The summed E-state index contributed by atoms with van der Waals surface area (Å²) in [5.41, 5.74) is 1.91. The summed E-state index contributed by atoms with van der Waals surface area (Å²) in [4.78, 5) is 35.0. The number of hydrogen-bond acceptors (Lipinski definition) is 5. The van der Waals surface area contributed by atoms with E-state index in [9.17, 15) is 14.7 Å². The Morgan fingerprint density at radius 3 is 2.65 bits per heavy atom. The van der Waals surface area contributed by atoms with Gasteiger partial charge >= 0.3 is 0 Å². The molecule has 26 heavy (non-hydrogen) atoms. The van der Waals surface area contributed by atoms with E-state index in [1.54, 1.807) is 0 Å². The predicted molar refractivity (Wildman–Crippen MR) is 95.1 cm³/mol. The van der Waals surface area contributed by atoms with E-state index in [2.05, 4.69) is 10.3 Å². The lowest BCUT2D eigenvalue weighted by atomic mass is 9.76. The molecule has 7 heteroatoms. The van der Waals surface area contributed by atoms with Gasteiger partial charge in [0.25, 0.3) is 5.56 Å². The summed E-state index contributed by atoms with van der Waals surface area (Å²) in [6.07, 6.45) is 5.85. The average Bonchev–Trinajstić information content (AvgIpc) is 3.32. The van der Waals surface area contributed by atoms with Gasteiger partial charge in [0, 0.05) is 36.5 Å². The van der Waals surface area contributed by atoms with Crippen molar-refractivity contribution >= 4 is 5.91 Å². The second-order valence-corrected chi connectivity index (χ2v) is 8.51. The van der Waals surface area contributed by atoms with Gasteiger partial charge in [-0.3, -0.25) is 9.59 Å². The van der Waals surface area contributed by atoms with Crippen LogP contribution in [-0.4, -0.2) is 57.7 Å². The molecule has 0 unspecified atom stereocenters.